The number of carbonyl (C=O) groups excluding carboxylic acids is 1. The van der Waals surface area contributed by atoms with Gasteiger partial charge in [-0.05, 0) is 50.5 Å². The van der Waals surface area contributed by atoms with Gasteiger partial charge in [-0.25, -0.2) is 4.79 Å². The lowest BCUT2D eigenvalue weighted by Gasteiger charge is -2.15. The molecule has 0 fully saturated rings. The van der Waals surface area contributed by atoms with Gasteiger partial charge in [0.2, 0.25) is 5.96 Å². The number of aliphatic imine (C=N–C) groups is 1. The van der Waals surface area contributed by atoms with Crippen molar-refractivity contribution >= 4 is 39.5 Å². The second-order valence-electron chi connectivity index (χ2n) is 6.49. The molecular formula is C21H26N4O2. The van der Waals surface area contributed by atoms with Crippen LogP contribution in [0, 0.1) is 13.8 Å². The monoisotopic (exact) mass is 366 g/mol. The van der Waals surface area contributed by atoms with E-state index in [-0.39, 0.29) is 0 Å². The van der Waals surface area contributed by atoms with E-state index in [1.54, 1.807) is 6.92 Å². The number of aryl methyl sites for hydroxylation is 2. The molecular weight excluding hydrogens is 340 g/mol. The highest BCUT2D eigenvalue weighted by Crippen LogP contribution is 2.34. The maximum absolute atomic E-state index is 11.8. The van der Waals surface area contributed by atoms with E-state index >= 15 is 0 Å². The van der Waals surface area contributed by atoms with Crippen molar-refractivity contribution in [2.75, 3.05) is 18.5 Å². The molecule has 0 bridgehead atoms. The number of benzene rings is 2. The van der Waals surface area contributed by atoms with Gasteiger partial charge in [-0.1, -0.05) is 25.1 Å². The number of carbonyl (C=O) groups is 1. The summed E-state index contributed by atoms with van der Waals surface area (Å²) in [6.45, 7) is 8.89. The fourth-order valence-corrected chi connectivity index (χ4v) is 3.21. The van der Waals surface area contributed by atoms with E-state index in [0.29, 0.717) is 19.1 Å². The molecule has 0 aliphatic rings. The number of para-hydroxylation sites is 1. The molecule has 1 heterocycles. The molecule has 0 spiro atoms. The van der Waals surface area contributed by atoms with Crippen molar-refractivity contribution in [3.63, 3.8) is 0 Å². The summed E-state index contributed by atoms with van der Waals surface area (Å²) in [5, 5.41) is 8.34. The Kier molecular flexibility index (Phi) is 5.64. The number of nitrogens with zero attached hydrogens (tertiary/aromatic N) is 1. The summed E-state index contributed by atoms with van der Waals surface area (Å²) < 4.78 is 4.98. The van der Waals surface area contributed by atoms with E-state index in [1.165, 1.54) is 10.8 Å². The Balaban J connectivity index is 2.03. The van der Waals surface area contributed by atoms with Gasteiger partial charge in [0, 0.05) is 34.0 Å². The van der Waals surface area contributed by atoms with E-state index in [0.717, 1.165) is 34.3 Å². The number of amides is 1. The summed E-state index contributed by atoms with van der Waals surface area (Å²) in [5.41, 5.74) is 5.38. The molecule has 2 aromatic carbocycles. The summed E-state index contributed by atoms with van der Waals surface area (Å²) in [5.74, 6) is 0.400. The number of aromatic nitrogens is 1. The summed E-state index contributed by atoms with van der Waals surface area (Å²) in [7, 11) is 0. The number of anilines is 1. The molecule has 1 amide bonds. The predicted molar refractivity (Wildman–Crippen MR) is 112 cm³/mol. The first kappa shape index (κ1) is 18.8. The van der Waals surface area contributed by atoms with Crippen LogP contribution in [0.2, 0.25) is 0 Å². The van der Waals surface area contributed by atoms with Crippen molar-refractivity contribution in [1.29, 1.82) is 0 Å². The first-order valence-corrected chi connectivity index (χ1v) is 9.31. The van der Waals surface area contributed by atoms with Gasteiger partial charge in [0.1, 0.15) is 0 Å². The zero-order chi connectivity index (χ0) is 19.4. The lowest BCUT2D eigenvalue weighted by molar-refractivity contribution is 0.158. The lowest BCUT2D eigenvalue weighted by Crippen LogP contribution is -2.36. The summed E-state index contributed by atoms with van der Waals surface area (Å²) in [6, 6.07) is 10.3. The zero-order valence-corrected chi connectivity index (χ0v) is 16.3. The average Bonchev–Trinajstić information content (AvgIpc) is 3.04. The van der Waals surface area contributed by atoms with Crippen molar-refractivity contribution in [3.8, 4) is 0 Å². The fourth-order valence-electron chi connectivity index (χ4n) is 3.21. The van der Waals surface area contributed by atoms with E-state index in [2.05, 4.69) is 52.7 Å². The smallest absolute Gasteiger partial charge is 0.413 e. The van der Waals surface area contributed by atoms with Gasteiger partial charge in [-0.2, -0.15) is 0 Å². The highest BCUT2D eigenvalue weighted by Gasteiger charge is 2.14. The van der Waals surface area contributed by atoms with Gasteiger partial charge >= 0.3 is 6.09 Å². The minimum atomic E-state index is -0.512. The second-order valence-corrected chi connectivity index (χ2v) is 6.49. The zero-order valence-electron chi connectivity index (χ0n) is 16.3. The Morgan fingerprint density at radius 2 is 2.00 bits per heavy atom. The number of rotatable bonds is 4. The molecule has 0 aliphatic carbocycles. The number of H-pyrrole nitrogens is 1. The lowest BCUT2D eigenvalue weighted by atomic mass is 10.0. The van der Waals surface area contributed by atoms with Gasteiger partial charge < -0.3 is 15.0 Å². The molecule has 1 aromatic heterocycles. The summed E-state index contributed by atoms with van der Waals surface area (Å²) in [4.78, 5) is 19.8. The molecule has 0 atom stereocenters. The molecule has 3 N–H and O–H groups in total. The number of fused-ring (bicyclic) bond motifs is 3. The molecule has 0 radical (unpaired) electrons. The Bertz CT molecular complexity index is 1000. The van der Waals surface area contributed by atoms with Crippen molar-refractivity contribution in [2.45, 2.75) is 34.1 Å². The number of aromatic amines is 1. The van der Waals surface area contributed by atoms with Gasteiger partial charge in [0.25, 0.3) is 0 Å². The molecule has 3 aromatic rings. The van der Waals surface area contributed by atoms with Crippen LogP contribution < -0.4 is 10.6 Å². The predicted octanol–water partition coefficient (Wildman–Crippen LogP) is 4.86. The van der Waals surface area contributed by atoms with Gasteiger partial charge in [0.05, 0.1) is 6.61 Å². The SMILES string of the molecule is CCCN=C(NC(=O)OCC)Nc1cc(C)c2[nH]c3ccccc3c2c1C. The number of ether oxygens (including phenoxy) is 1. The topological polar surface area (TPSA) is 78.5 Å². The molecule has 6 heteroatoms. The van der Waals surface area contributed by atoms with Crippen LogP contribution in [0.15, 0.2) is 35.3 Å². The highest BCUT2D eigenvalue weighted by molar-refractivity contribution is 6.13. The third kappa shape index (κ3) is 3.89. The second kappa shape index (κ2) is 8.12. The normalized spacial score (nSPS) is 11.8. The highest BCUT2D eigenvalue weighted by atomic mass is 16.5. The Hall–Kier alpha value is -3.02. The number of guanidine groups is 1. The van der Waals surface area contributed by atoms with E-state index in [9.17, 15) is 4.79 Å². The van der Waals surface area contributed by atoms with E-state index < -0.39 is 6.09 Å². The van der Waals surface area contributed by atoms with Gasteiger partial charge in [-0.3, -0.25) is 10.3 Å². The average molecular weight is 366 g/mol. The van der Waals surface area contributed by atoms with Crippen LogP contribution in [0.25, 0.3) is 21.8 Å². The van der Waals surface area contributed by atoms with Crippen molar-refractivity contribution < 1.29 is 9.53 Å². The first-order valence-electron chi connectivity index (χ1n) is 9.31. The Labute approximate surface area is 159 Å². The molecule has 3 rings (SSSR count). The molecule has 0 aliphatic heterocycles. The van der Waals surface area contributed by atoms with Crippen LogP contribution in [0.3, 0.4) is 0 Å². The standard InChI is InChI=1S/C21H26N4O2/c1-5-11-22-20(25-21(26)27-6-2)24-17-12-13(3)19-18(14(17)4)15-9-7-8-10-16(15)23-19/h7-10,12,23H,5-6,11H2,1-4H3,(H2,22,24,25,26). The Morgan fingerprint density at radius 3 is 2.74 bits per heavy atom. The van der Waals surface area contributed by atoms with Crippen LogP contribution in [0.4, 0.5) is 10.5 Å². The molecule has 142 valence electrons. The number of hydrogen-bond acceptors (Lipinski definition) is 3. The van der Waals surface area contributed by atoms with Crippen molar-refractivity contribution in [2.24, 2.45) is 4.99 Å². The van der Waals surface area contributed by atoms with E-state index in [1.807, 2.05) is 19.1 Å². The minimum Gasteiger partial charge on any atom is -0.450 e. The van der Waals surface area contributed by atoms with Crippen LogP contribution in [0.1, 0.15) is 31.4 Å². The molecule has 0 saturated carbocycles. The van der Waals surface area contributed by atoms with Crippen molar-refractivity contribution in [1.82, 2.24) is 10.3 Å². The molecule has 27 heavy (non-hydrogen) atoms. The summed E-state index contributed by atoms with van der Waals surface area (Å²) in [6.07, 6.45) is 0.372. The van der Waals surface area contributed by atoms with Crippen LogP contribution in [-0.4, -0.2) is 30.2 Å². The molecule has 0 saturated heterocycles. The maximum atomic E-state index is 11.8. The number of hydrogen-bond donors (Lipinski definition) is 3. The van der Waals surface area contributed by atoms with Crippen LogP contribution in [-0.2, 0) is 4.74 Å². The number of alkyl carbamates (subject to hydrolysis) is 1. The number of nitrogens with one attached hydrogen (secondary N) is 3. The third-order valence-electron chi connectivity index (χ3n) is 4.48. The fraction of sp³-hybridized carbons (Fsp3) is 0.333. The van der Waals surface area contributed by atoms with Crippen LogP contribution in [0.5, 0.6) is 0 Å². The Morgan fingerprint density at radius 1 is 1.22 bits per heavy atom. The largest absolute Gasteiger partial charge is 0.450 e. The van der Waals surface area contributed by atoms with Gasteiger partial charge in [0.15, 0.2) is 0 Å². The quantitative estimate of drug-likeness (QED) is 0.456. The summed E-state index contributed by atoms with van der Waals surface area (Å²) >= 11 is 0. The van der Waals surface area contributed by atoms with E-state index in [4.69, 9.17) is 4.74 Å². The van der Waals surface area contributed by atoms with Crippen LogP contribution >= 0.6 is 0 Å². The third-order valence-corrected chi connectivity index (χ3v) is 4.48. The minimum absolute atomic E-state index is 0.312. The molecule has 0 unspecified atom stereocenters. The van der Waals surface area contributed by atoms with Gasteiger partial charge in [-0.15, -0.1) is 0 Å². The maximum Gasteiger partial charge on any atom is 0.413 e. The molecule has 6 nitrogen and oxygen atoms in total. The first-order chi connectivity index (χ1) is 13.0. The van der Waals surface area contributed by atoms with Crippen molar-refractivity contribution in [3.05, 3.63) is 41.5 Å².